The summed E-state index contributed by atoms with van der Waals surface area (Å²) in [5, 5.41) is 13.1. The van der Waals surface area contributed by atoms with Crippen LogP contribution in [-0.2, 0) is 6.54 Å². The number of hydrogen-bond acceptors (Lipinski definition) is 4. The average Bonchev–Trinajstić information content (AvgIpc) is 2.81. The Labute approximate surface area is 110 Å². The van der Waals surface area contributed by atoms with E-state index in [0.717, 1.165) is 6.54 Å². The highest BCUT2D eigenvalue weighted by atomic mass is 16.5. The van der Waals surface area contributed by atoms with Crippen molar-refractivity contribution < 1.29 is 14.6 Å². The zero-order valence-electron chi connectivity index (χ0n) is 10.8. The fourth-order valence-corrected chi connectivity index (χ4v) is 1.71. The number of hydrogen-bond donors (Lipinski definition) is 2. The molecule has 1 heterocycles. The highest BCUT2D eigenvalue weighted by molar-refractivity contribution is 5.95. The quantitative estimate of drug-likeness (QED) is 0.824. The largest absolute Gasteiger partial charge is 0.478 e. The molecule has 6 heteroatoms. The number of carboxylic acid groups (broad SMARTS) is 1. The number of nitrogens with two attached hydrogens (primary N) is 1. The van der Waals surface area contributed by atoms with Gasteiger partial charge >= 0.3 is 5.97 Å². The third-order valence-electron chi connectivity index (χ3n) is 2.76. The van der Waals surface area contributed by atoms with Crippen molar-refractivity contribution in [3.8, 4) is 11.5 Å². The molecule has 0 fully saturated rings. The second-order valence-electron chi connectivity index (χ2n) is 4.14. The highest BCUT2D eigenvalue weighted by Gasteiger charge is 2.13. The standard InChI is InChI=1S/C13H15N3O3/c1-3-16-7-10(6-15-16)19-9-4-8(2)12(14)11(5-9)13(17)18/h4-7H,3,14H2,1-2H3,(H,17,18). The Morgan fingerprint density at radius 1 is 1.47 bits per heavy atom. The summed E-state index contributed by atoms with van der Waals surface area (Å²) >= 11 is 0. The highest BCUT2D eigenvalue weighted by Crippen LogP contribution is 2.28. The average molecular weight is 261 g/mol. The second kappa shape index (κ2) is 5.01. The first-order valence-electron chi connectivity index (χ1n) is 5.85. The Hall–Kier alpha value is -2.50. The van der Waals surface area contributed by atoms with Crippen LogP contribution in [-0.4, -0.2) is 20.9 Å². The van der Waals surface area contributed by atoms with E-state index in [0.29, 0.717) is 17.1 Å². The van der Waals surface area contributed by atoms with Gasteiger partial charge in [0.05, 0.1) is 18.0 Å². The molecule has 3 N–H and O–H groups in total. The Bertz CT molecular complexity index is 620. The fraction of sp³-hybridized carbons (Fsp3) is 0.231. The topological polar surface area (TPSA) is 90.4 Å². The van der Waals surface area contributed by atoms with Crippen molar-refractivity contribution in [3.05, 3.63) is 35.7 Å². The van der Waals surface area contributed by atoms with Crippen LogP contribution < -0.4 is 10.5 Å². The SMILES string of the molecule is CCn1cc(Oc2cc(C)c(N)c(C(=O)O)c2)cn1. The van der Waals surface area contributed by atoms with Gasteiger partial charge in [0.15, 0.2) is 5.75 Å². The number of carboxylic acids is 1. The van der Waals surface area contributed by atoms with Gasteiger partial charge in [-0.2, -0.15) is 5.10 Å². The van der Waals surface area contributed by atoms with E-state index in [2.05, 4.69) is 5.10 Å². The predicted molar refractivity (Wildman–Crippen MR) is 70.5 cm³/mol. The number of aromatic carboxylic acids is 1. The maximum atomic E-state index is 11.1. The lowest BCUT2D eigenvalue weighted by molar-refractivity contribution is 0.0697. The minimum absolute atomic E-state index is 0.0397. The number of aromatic nitrogens is 2. The number of benzene rings is 1. The summed E-state index contributed by atoms with van der Waals surface area (Å²) in [6.45, 7) is 4.45. The number of nitrogens with zero attached hydrogens (tertiary/aromatic N) is 2. The van der Waals surface area contributed by atoms with E-state index >= 15 is 0 Å². The molecule has 0 unspecified atom stereocenters. The van der Waals surface area contributed by atoms with Crippen LogP contribution in [0.25, 0.3) is 0 Å². The molecule has 1 aromatic heterocycles. The van der Waals surface area contributed by atoms with E-state index in [1.165, 1.54) is 6.07 Å². The van der Waals surface area contributed by atoms with Crippen molar-refractivity contribution in [1.29, 1.82) is 0 Å². The molecule has 2 aromatic rings. The molecule has 0 saturated carbocycles. The lowest BCUT2D eigenvalue weighted by Gasteiger charge is -2.09. The zero-order valence-corrected chi connectivity index (χ0v) is 10.8. The monoisotopic (exact) mass is 261 g/mol. The first-order valence-corrected chi connectivity index (χ1v) is 5.85. The third-order valence-corrected chi connectivity index (χ3v) is 2.76. The second-order valence-corrected chi connectivity index (χ2v) is 4.14. The summed E-state index contributed by atoms with van der Waals surface area (Å²) in [6, 6.07) is 3.11. The third kappa shape index (κ3) is 2.67. The van der Waals surface area contributed by atoms with Crippen LogP contribution in [0.15, 0.2) is 24.5 Å². The molecule has 0 spiro atoms. The summed E-state index contributed by atoms with van der Waals surface area (Å²) in [5.74, 6) is -0.0857. The van der Waals surface area contributed by atoms with Gasteiger partial charge in [-0.05, 0) is 31.5 Å². The summed E-state index contributed by atoms with van der Waals surface area (Å²) in [7, 11) is 0. The number of carbonyl (C=O) groups is 1. The van der Waals surface area contributed by atoms with Crippen LogP contribution in [0.1, 0.15) is 22.8 Å². The molecule has 100 valence electrons. The van der Waals surface area contributed by atoms with Crippen molar-refractivity contribution in [2.24, 2.45) is 0 Å². The van der Waals surface area contributed by atoms with E-state index in [-0.39, 0.29) is 11.3 Å². The van der Waals surface area contributed by atoms with Crippen LogP contribution in [0.4, 0.5) is 5.69 Å². The van der Waals surface area contributed by atoms with E-state index in [1.807, 2.05) is 6.92 Å². The minimum Gasteiger partial charge on any atom is -0.478 e. The molecule has 0 radical (unpaired) electrons. The molecule has 1 aromatic carbocycles. The molecule has 0 saturated heterocycles. The van der Waals surface area contributed by atoms with Crippen molar-refractivity contribution in [2.45, 2.75) is 20.4 Å². The van der Waals surface area contributed by atoms with Gasteiger partial charge in [-0.15, -0.1) is 0 Å². The lowest BCUT2D eigenvalue weighted by Crippen LogP contribution is -2.04. The molecule has 0 atom stereocenters. The van der Waals surface area contributed by atoms with E-state index < -0.39 is 5.97 Å². The van der Waals surface area contributed by atoms with Crippen LogP contribution >= 0.6 is 0 Å². The van der Waals surface area contributed by atoms with Crippen molar-refractivity contribution in [1.82, 2.24) is 9.78 Å². The maximum Gasteiger partial charge on any atom is 0.337 e. The number of aryl methyl sites for hydroxylation is 2. The molecule has 6 nitrogen and oxygen atoms in total. The summed E-state index contributed by atoms with van der Waals surface area (Å²) in [6.07, 6.45) is 3.32. The summed E-state index contributed by atoms with van der Waals surface area (Å²) < 4.78 is 7.31. The van der Waals surface area contributed by atoms with Crippen molar-refractivity contribution in [3.63, 3.8) is 0 Å². The van der Waals surface area contributed by atoms with Gasteiger partial charge in [-0.1, -0.05) is 0 Å². The summed E-state index contributed by atoms with van der Waals surface area (Å²) in [4.78, 5) is 11.1. The van der Waals surface area contributed by atoms with Gasteiger partial charge in [0.2, 0.25) is 0 Å². The van der Waals surface area contributed by atoms with Gasteiger partial charge in [-0.3, -0.25) is 4.68 Å². The van der Waals surface area contributed by atoms with E-state index in [9.17, 15) is 4.79 Å². The summed E-state index contributed by atoms with van der Waals surface area (Å²) in [5.41, 5.74) is 6.68. The molecule has 0 aliphatic carbocycles. The van der Waals surface area contributed by atoms with Crippen LogP contribution in [0.2, 0.25) is 0 Å². The van der Waals surface area contributed by atoms with Crippen molar-refractivity contribution in [2.75, 3.05) is 5.73 Å². The molecular weight excluding hydrogens is 246 g/mol. The Kier molecular flexibility index (Phi) is 3.41. The van der Waals surface area contributed by atoms with Gasteiger partial charge in [0, 0.05) is 12.2 Å². The van der Waals surface area contributed by atoms with E-state index in [1.54, 1.807) is 30.1 Å². The normalized spacial score (nSPS) is 10.4. The molecule has 0 aliphatic rings. The minimum atomic E-state index is -1.07. The van der Waals surface area contributed by atoms with Gasteiger partial charge in [0.25, 0.3) is 0 Å². The predicted octanol–water partition coefficient (Wildman–Crippen LogP) is 2.28. The Morgan fingerprint density at radius 2 is 2.21 bits per heavy atom. The number of ether oxygens (including phenoxy) is 1. The first kappa shape index (κ1) is 12.9. The van der Waals surface area contributed by atoms with Crippen LogP contribution in [0, 0.1) is 6.92 Å². The molecule has 0 bridgehead atoms. The molecule has 2 rings (SSSR count). The van der Waals surface area contributed by atoms with Gasteiger partial charge in [-0.25, -0.2) is 4.79 Å². The van der Waals surface area contributed by atoms with Gasteiger partial charge < -0.3 is 15.6 Å². The Balaban J connectivity index is 2.32. The molecular formula is C13H15N3O3. The number of rotatable bonds is 4. The number of nitrogen functional groups attached to an aromatic ring is 1. The van der Waals surface area contributed by atoms with E-state index in [4.69, 9.17) is 15.6 Å². The lowest BCUT2D eigenvalue weighted by atomic mass is 10.1. The smallest absolute Gasteiger partial charge is 0.337 e. The molecule has 0 aliphatic heterocycles. The molecule has 0 amide bonds. The maximum absolute atomic E-state index is 11.1. The zero-order chi connectivity index (χ0) is 14.0. The first-order chi connectivity index (χ1) is 9.01. The van der Waals surface area contributed by atoms with Crippen LogP contribution in [0.5, 0.6) is 11.5 Å². The Morgan fingerprint density at radius 3 is 2.79 bits per heavy atom. The fourth-order valence-electron chi connectivity index (χ4n) is 1.71. The molecule has 19 heavy (non-hydrogen) atoms. The number of anilines is 1. The van der Waals surface area contributed by atoms with Crippen molar-refractivity contribution >= 4 is 11.7 Å². The van der Waals surface area contributed by atoms with Crippen LogP contribution in [0.3, 0.4) is 0 Å². The van der Waals surface area contributed by atoms with Gasteiger partial charge in [0.1, 0.15) is 5.75 Å².